The highest BCUT2D eigenvalue weighted by Gasteiger charge is 2.53. The number of hydrogen-bond acceptors (Lipinski definition) is 5. The fraction of sp³-hybridized carbons (Fsp3) is 0.310. The maximum atomic E-state index is 14.6. The van der Waals surface area contributed by atoms with E-state index in [0.717, 1.165) is 40.7 Å². The summed E-state index contributed by atoms with van der Waals surface area (Å²) in [5.41, 5.74) is -2.82. The number of sulfonamides is 1. The summed E-state index contributed by atoms with van der Waals surface area (Å²) in [6.07, 6.45) is -5.94. The average molecular weight is 625 g/mol. The molecule has 1 aliphatic carbocycles. The van der Waals surface area contributed by atoms with Gasteiger partial charge in [-0.05, 0) is 66.9 Å². The minimum Gasteiger partial charge on any atom is -0.486 e. The number of hydrogen-bond donors (Lipinski definition) is 2. The summed E-state index contributed by atoms with van der Waals surface area (Å²) in [5.74, 6) is -3.12. The van der Waals surface area contributed by atoms with Crippen LogP contribution in [0.15, 0.2) is 65.6 Å². The average Bonchev–Trinajstić information content (AvgIpc) is 2.91. The van der Waals surface area contributed by atoms with Crippen molar-refractivity contribution >= 4 is 27.6 Å². The molecule has 3 aromatic carbocycles. The van der Waals surface area contributed by atoms with Crippen LogP contribution in [0.25, 0.3) is 11.1 Å². The van der Waals surface area contributed by atoms with Crippen LogP contribution < -0.4 is 14.4 Å². The lowest BCUT2D eigenvalue weighted by Gasteiger charge is -2.47. The number of carbonyl (C=O) groups excluding carboxylic acids is 1. The van der Waals surface area contributed by atoms with Crippen LogP contribution in [-0.4, -0.2) is 44.1 Å². The number of halogens is 5. The number of carboxylic acids is 1. The van der Waals surface area contributed by atoms with Gasteiger partial charge in [-0.2, -0.15) is 13.2 Å². The summed E-state index contributed by atoms with van der Waals surface area (Å²) in [7, 11) is -4.72. The third-order valence-corrected chi connectivity index (χ3v) is 9.41. The zero-order valence-corrected chi connectivity index (χ0v) is 23.3. The SMILES string of the molecule is CC(=O)N[C@H]1C[C@](C[C@H]2CN(S(=O)(=O)c3cccc(C(F)(F)F)c3)c3cc(-c4cc(F)ccc4F)ccc3O2)(C(=O)O)C1. The van der Waals surface area contributed by atoms with E-state index in [9.17, 15) is 45.1 Å². The van der Waals surface area contributed by atoms with Crippen LogP contribution in [0.2, 0.25) is 0 Å². The lowest BCUT2D eigenvalue weighted by atomic mass is 9.62. The third-order valence-electron chi connectivity index (χ3n) is 7.63. The standard InChI is InChI=1S/C29H25F5N2O6S/c1-16(37)35-20-12-28(13-20,27(38)39)14-21-15-36(43(40,41)22-4-2-3-18(10-22)29(32,33)34)25-9-17(5-8-26(25)42-21)23-11-19(30)6-7-24(23)31/h2-11,20-21H,12-15H2,1H3,(H,35,37)(H,38,39)/t20-,21-,28-/m0/s1. The van der Waals surface area contributed by atoms with Crippen molar-refractivity contribution in [1.29, 1.82) is 0 Å². The van der Waals surface area contributed by atoms with Gasteiger partial charge in [0.2, 0.25) is 5.91 Å². The molecule has 0 spiro atoms. The number of fused-ring (bicyclic) bond motifs is 1. The Morgan fingerprint density at radius 2 is 1.79 bits per heavy atom. The predicted molar refractivity (Wildman–Crippen MR) is 144 cm³/mol. The van der Waals surface area contributed by atoms with E-state index < -0.39 is 68.4 Å². The van der Waals surface area contributed by atoms with Crippen molar-refractivity contribution in [3.05, 3.63) is 77.9 Å². The number of amides is 1. The summed E-state index contributed by atoms with van der Waals surface area (Å²) in [4.78, 5) is 23.0. The van der Waals surface area contributed by atoms with Crippen molar-refractivity contribution in [3.63, 3.8) is 0 Å². The van der Waals surface area contributed by atoms with Crippen molar-refractivity contribution in [2.75, 3.05) is 10.8 Å². The van der Waals surface area contributed by atoms with E-state index in [1.807, 2.05) is 0 Å². The van der Waals surface area contributed by atoms with Gasteiger partial charge in [0.15, 0.2) is 0 Å². The second kappa shape index (κ2) is 10.8. The maximum Gasteiger partial charge on any atom is 0.416 e. The molecule has 228 valence electrons. The Labute approximate surface area is 243 Å². The van der Waals surface area contributed by atoms with Gasteiger partial charge in [-0.1, -0.05) is 12.1 Å². The number of rotatable bonds is 7. The van der Waals surface area contributed by atoms with Gasteiger partial charge in [0, 0.05) is 24.9 Å². The number of nitrogens with zero attached hydrogens (tertiary/aromatic N) is 1. The molecule has 8 nitrogen and oxygen atoms in total. The van der Waals surface area contributed by atoms with Crippen LogP contribution in [0.1, 0.15) is 31.7 Å². The number of nitrogens with one attached hydrogen (secondary N) is 1. The molecule has 0 bridgehead atoms. The fourth-order valence-corrected chi connectivity index (χ4v) is 7.17. The highest BCUT2D eigenvalue weighted by molar-refractivity contribution is 7.92. The van der Waals surface area contributed by atoms with Crippen LogP contribution in [0.3, 0.4) is 0 Å². The Balaban J connectivity index is 1.57. The molecule has 0 unspecified atom stereocenters. The van der Waals surface area contributed by atoms with Gasteiger partial charge in [-0.25, -0.2) is 17.2 Å². The fourth-order valence-electron chi connectivity index (χ4n) is 5.63. The largest absolute Gasteiger partial charge is 0.486 e. The Hall–Kier alpha value is -4.20. The molecule has 0 saturated heterocycles. The van der Waals surface area contributed by atoms with Crippen LogP contribution in [0.5, 0.6) is 5.75 Å². The first-order valence-corrected chi connectivity index (χ1v) is 14.5. The lowest BCUT2D eigenvalue weighted by molar-refractivity contribution is -0.159. The van der Waals surface area contributed by atoms with Crippen LogP contribution >= 0.6 is 0 Å². The topological polar surface area (TPSA) is 113 Å². The molecular formula is C29H25F5N2O6S. The summed E-state index contributed by atoms with van der Waals surface area (Å²) in [6, 6.07) is 9.34. The van der Waals surface area contributed by atoms with Crippen molar-refractivity contribution in [3.8, 4) is 16.9 Å². The molecule has 5 rings (SSSR count). The maximum absolute atomic E-state index is 14.6. The molecule has 2 aliphatic rings. The Bertz CT molecular complexity index is 1710. The molecule has 1 aliphatic heterocycles. The van der Waals surface area contributed by atoms with Gasteiger partial charge >= 0.3 is 12.1 Å². The Kier molecular flexibility index (Phi) is 7.61. The van der Waals surface area contributed by atoms with Crippen molar-refractivity contribution in [1.82, 2.24) is 5.32 Å². The summed E-state index contributed by atoms with van der Waals surface area (Å²) in [5, 5.41) is 12.7. The summed E-state index contributed by atoms with van der Waals surface area (Å²) >= 11 is 0. The smallest absolute Gasteiger partial charge is 0.416 e. The Morgan fingerprint density at radius 1 is 1.07 bits per heavy atom. The molecule has 0 radical (unpaired) electrons. The molecule has 2 N–H and O–H groups in total. The van der Waals surface area contributed by atoms with Gasteiger partial charge in [0.25, 0.3) is 10.0 Å². The van der Waals surface area contributed by atoms with Crippen LogP contribution in [0.4, 0.5) is 27.6 Å². The predicted octanol–water partition coefficient (Wildman–Crippen LogP) is 5.37. The molecule has 14 heteroatoms. The van der Waals surface area contributed by atoms with Crippen molar-refractivity contribution in [2.24, 2.45) is 5.41 Å². The monoisotopic (exact) mass is 624 g/mol. The normalized spacial score (nSPS) is 21.8. The van der Waals surface area contributed by atoms with E-state index >= 15 is 0 Å². The second-order valence-corrected chi connectivity index (χ2v) is 12.6. The number of ether oxygens (including phenoxy) is 1. The third kappa shape index (κ3) is 5.88. The van der Waals surface area contributed by atoms with Crippen LogP contribution in [-0.2, 0) is 25.8 Å². The highest BCUT2D eigenvalue weighted by atomic mass is 32.2. The molecule has 0 aromatic heterocycles. The minimum atomic E-state index is -4.83. The lowest BCUT2D eigenvalue weighted by Crippen LogP contribution is -2.57. The highest BCUT2D eigenvalue weighted by Crippen LogP contribution is 2.48. The van der Waals surface area contributed by atoms with Crippen molar-refractivity contribution in [2.45, 2.75) is 49.4 Å². The number of anilines is 1. The molecule has 1 amide bonds. The first-order chi connectivity index (χ1) is 20.1. The van der Waals surface area contributed by atoms with Gasteiger partial charge in [-0.3, -0.25) is 13.9 Å². The van der Waals surface area contributed by atoms with E-state index in [0.29, 0.717) is 6.07 Å². The van der Waals surface area contributed by atoms with E-state index in [1.54, 1.807) is 0 Å². The molecule has 43 heavy (non-hydrogen) atoms. The van der Waals surface area contributed by atoms with Crippen molar-refractivity contribution < 1.29 is 49.8 Å². The van der Waals surface area contributed by atoms with E-state index in [2.05, 4.69) is 5.32 Å². The molecule has 1 atom stereocenters. The first kappa shape index (κ1) is 30.3. The number of benzene rings is 3. The van der Waals surface area contributed by atoms with Gasteiger partial charge < -0.3 is 15.2 Å². The number of carboxylic acid groups (broad SMARTS) is 1. The van der Waals surface area contributed by atoms with Crippen LogP contribution in [0, 0.1) is 17.0 Å². The zero-order valence-electron chi connectivity index (χ0n) is 22.5. The zero-order chi connectivity index (χ0) is 31.3. The number of carbonyl (C=O) groups is 2. The quantitative estimate of drug-likeness (QED) is 0.342. The van der Waals surface area contributed by atoms with E-state index in [4.69, 9.17) is 4.74 Å². The molecule has 1 heterocycles. The van der Waals surface area contributed by atoms with Gasteiger partial charge in [-0.15, -0.1) is 0 Å². The molecule has 1 fully saturated rings. The minimum absolute atomic E-state index is 0.0503. The van der Waals surface area contributed by atoms with Gasteiger partial charge in [0.1, 0.15) is 23.5 Å². The van der Waals surface area contributed by atoms with E-state index in [1.165, 1.54) is 25.1 Å². The van der Waals surface area contributed by atoms with E-state index in [-0.39, 0.29) is 47.7 Å². The molecule has 1 saturated carbocycles. The molecular weight excluding hydrogens is 599 g/mol. The number of aliphatic carboxylic acids is 1. The second-order valence-electron chi connectivity index (χ2n) is 10.7. The van der Waals surface area contributed by atoms with Gasteiger partial charge in [0.05, 0.1) is 28.1 Å². The summed E-state index contributed by atoms with van der Waals surface area (Å²) in [6.45, 7) is 0.808. The Morgan fingerprint density at radius 3 is 2.44 bits per heavy atom. The molecule has 3 aromatic rings. The number of alkyl halides is 3. The summed E-state index contributed by atoms with van der Waals surface area (Å²) < 4.78 is 104. The first-order valence-electron chi connectivity index (χ1n) is 13.1.